The minimum absolute atomic E-state index is 0.00176. The normalized spacial score (nSPS) is 10.8. The third kappa shape index (κ3) is 2.02. The number of amides is 1. The zero-order valence-electron chi connectivity index (χ0n) is 10.5. The summed E-state index contributed by atoms with van der Waals surface area (Å²) in [4.78, 5) is 18.3. The van der Waals surface area contributed by atoms with Gasteiger partial charge in [0, 0.05) is 25.5 Å². The van der Waals surface area contributed by atoms with Crippen LogP contribution in [-0.2, 0) is 0 Å². The third-order valence-corrected chi connectivity index (χ3v) is 2.95. The first-order chi connectivity index (χ1) is 8.17. The Bertz CT molecular complexity index is 541. The Morgan fingerprint density at radius 2 is 2.12 bits per heavy atom. The molecule has 1 amide bonds. The highest BCUT2D eigenvalue weighted by Crippen LogP contribution is 2.11. The molecule has 0 spiro atoms. The smallest absolute Gasteiger partial charge is 0.274 e. The lowest BCUT2D eigenvalue weighted by Gasteiger charge is -2.16. The predicted molar refractivity (Wildman–Crippen MR) is 67.2 cm³/mol. The van der Waals surface area contributed by atoms with Crippen LogP contribution in [0.15, 0.2) is 24.5 Å². The molecule has 0 aliphatic carbocycles. The van der Waals surface area contributed by atoms with Gasteiger partial charge in [0.15, 0.2) is 0 Å². The molecule has 0 aliphatic rings. The van der Waals surface area contributed by atoms with E-state index in [9.17, 15) is 4.79 Å². The van der Waals surface area contributed by atoms with Crippen molar-refractivity contribution >= 4 is 11.6 Å². The van der Waals surface area contributed by atoms with E-state index in [0.717, 1.165) is 11.2 Å². The molecule has 0 atom stereocenters. The molecule has 0 unspecified atom stereocenters. The minimum atomic E-state index is -0.00176. The number of fused-ring (bicyclic) bond motifs is 1. The van der Waals surface area contributed by atoms with Gasteiger partial charge in [-0.25, -0.2) is 4.98 Å². The molecule has 2 aromatic heterocycles. The van der Waals surface area contributed by atoms with Crippen LogP contribution in [0.2, 0.25) is 0 Å². The van der Waals surface area contributed by atoms with Crippen molar-refractivity contribution in [3.05, 3.63) is 35.8 Å². The fourth-order valence-electron chi connectivity index (χ4n) is 1.93. The van der Waals surface area contributed by atoms with Gasteiger partial charge in [-0.05, 0) is 32.4 Å². The Kier molecular flexibility index (Phi) is 3.13. The summed E-state index contributed by atoms with van der Waals surface area (Å²) >= 11 is 0. The number of hydrogen-bond donors (Lipinski definition) is 0. The van der Waals surface area contributed by atoms with E-state index in [1.807, 2.05) is 43.5 Å². The van der Waals surface area contributed by atoms with Crippen LogP contribution in [0.4, 0.5) is 0 Å². The summed E-state index contributed by atoms with van der Waals surface area (Å²) < 4.78 is 1.89. The third-order valence-electron chi connectivity index (χ3n) is 2.95. The lowest BCUT2D eigenvalue weighted by atomic mass is 10.3. The number of aryl methyl sites for hydroxylation is 1. The minimum Gasteiger partial charge on any atom is -0.338 e. The number of carbonyl (C=O) groups excluding carboxylic acids is 1. The van der Waals surface area contributed by atoms with E-state index < -0.39 is 0 Å². The van der Waals surface area contributed by atoms with E-state index in [1.165, 1.54) is 0 Å². The van der Waals surface area contributed by atoms with E-state index >= 15 is 0 Å². The average molecular weight is 231 g/mol. The molecule has 0 fully saturated rings. The van der Waals surface area contributed by atoms with Crippen LogP contribution in [0, 0.1) is 6.92 Å². The Hall–Kier alpha value is -1.84. The van der Waals surface area contributed by atoms with Crippen molar-refractivity contribution in [3.63, 3.8) is 0 Å². The summed E-state index contributed by atoms with van der Waals surface area (Å²) in [5, 5.41) is 0. The molecule has 4 heteroatoms. The molecule has 17 heavy (non-hydrogen) atoms. The first kappa shape index (κ1) is 11.6. The van der Waals surface area contributed by atoms with E-state index in [1.54, 1.807) is 11.1 Å². The van der Waals surface area contributed by atoms with Crippen molar-refractivity contribution in [2.45, 2.75) is 20.8 Å². The topological polar surface area (TPSA) is 37.6 Å². The molecule has 0 aromatic carbocycles. The summed E-state index contributed by atoms with van der Waals surface area (Å²) in [5.41, 5.74) is 2.44. The monoisotopic (exact) mass is 231 g/mol. The van der Waals surface area contributed by atoms with Crippen LogP contribution in [-0.4, -0.2) is 33.3 Å². The number of hydrogen-bond acceptors (Lipinski definition) is 2. The molecule has 0 N–H and O–H groups in total. The summed E-state index contributed by atoms with van der Waals surface area (Å²) in [5.74, 6) is -0.00176. The Labute approximate surface area is 101 Å². The summed E-state index contributed by atoms with van der Waals surface area (Å²) in [6, 6.07) is 3.95. The van der Waals surface area contributed by atoms with Gasteiger partial charge in [-0.2, -0.15) is 0 Å². The highest BCUT2D eigenvalue weighted by atomic mass is 16.2. The molecule has 2 aromatic rings. The van der Waals surface area contributed by atoms with Crippen LogP contribution >= 0.6 is 0 Å². The van der Waals surface area contributed by atoms with Crippen molar-refractivity contribution in [1.82, 2.24) is 14.3 Å². The largest absolute Gasteiger partial charge is 0.338 e. The molecule has 0 bridgehead atoms. The van der Waals surface area contributed by atoms with E-state index in [2.05, 4.69) is 4.98 Å². The van der Waals surface area contributed by atoms with Crippen molar-refractivity contribution in [3.8, 4) is 0 Å². The SMILES string of the molecule is CCN(CC)C(=O)c1cn2cccc(C)c2n1. The maximum Gasteiger partial charge on any atom is 0.274 e. The fourth-order valence-corrected chi connectivity index (χ4v) is 1.93. The molecule has 0 saturated carbocycles. The number of rotatable bonds is 3. The molecule has 2 rings (SSSR count). The summed E-state index contributed by atoms with van der Waals surface area (Å²) in [7, 11) is 0. The van der Waals surface area contributed by atoms with Gasteiger partial charge in [-0.15, -0.1) is 0 Å². The first-order valence-electron chi connectivity index (χ1n) is 5.91. The summed E-state index contributed by atoms with van der Waals surface area (Å²) in [6.45, 7) is 7.36. The number of imidazole rings is 1. The van der Waals surface area contributed by atoms with Crippen LogP contribution in [0.1, 0.15) is 29.9 Å². The van der Waals surface area contributed by atoms with E-state index in [0.29, 0.717) is 18.8 Å². The highest BCUT2D eigenvalue weighted by molar-refractivity contribution is 5.93. The molecule has 0 radical (unpaired) electrons. The molecule has 0 saturated heterocycles. The van der Waals surface area contributed by atoms with Gasteiger partial charge in [-0.1, -0.05) is 6.07 Å². The lowest BCUT2D eigenvalue weighted by molar-refractivity contribution is 0.0768. The van der Waals surface area contributed by atoms with Gasteiger partial charge < -0.3 is 9.30 Å². The maximum atomic E-state index is 12.1. The number of aromatic nitrogens is 2. The molecule has 4 nitrogen and oxygen atoms in total. The lowest BCUT2D eigenvalue weighted by Crippen LogP contribution is -2.30. The molecule has 2 heterocycles. The average Bonchev–Trinajstić information content (AvgIpc) is 2.76. The van der Waals surface area contributed by atoms with Crippen LogP contribution in [0.3, 0.4) is 0 Å². The zero-order valence-corrected chi connectivity index (χ0v) is 10.5. The standard InChI is InChI=1S/C13H17N3O/c1-4-15(5-2)13(17)11-9-16-8-6-7-10(3)12(16)14-11/h6-9H,4-5H2,1-3H3. The Balaban J connectivity index is 2.43. The van der Waals surface area contributed by atoms with Crippen molar-refractivity contribution in [2.24, 2.45) is 0 Å². The Morgan fingerprint density at radius 3 is 2.71 bits per heavy atom. The highest BCUT2D eigenvalue weighted by Gasteiger charge is 2.16. The maximum absolute atomic E-state index is 12.1. The molecule has 90 valence electrons. The van der Waals surface area contributed by atoms with Gasteiger partial charge in [0.2, 0.25) is 0 Å². The second kappa shape index (κ2) is 4.57. The van der Waals surface area contributed by atoms with Crippen LogP contribution in [0.5, 0.6) is 0 Å². The van der Waals surface area contributed by atoms with Crippen LogP contribution < -0.4 is 0 Å². The quantitative estimate of drug-likeness (QED) is 0.811. The molecular weight excluding hydrogens is 214 g/mol. The van der Waals surface area contributed by atoms with Crippen molar-refractivity contribution in [2.75, 3.05) is 13.1 Å². The van der Waals surface area contributed by atoms with Gasteiger partial charge in [0.05, 0.1) is 0 Å². The van der Waals surface area contributed by atoms with Gasteiger partial charge in [0.25, 0.3) is 5.91 Å². The fraction of sp³-hybridized carbons (Fsp3) is 0.385. The second-order valence-corrected chi connectivity index (χ2v) is 4.03. The first-order valence-corrected chi connectivity index (χ1v) is 5.91. The van der Waals surface area contributed by atoms with Crippen molar-refractivity contribution in [1.29, 1.82) is 0 Å². The molecular formula is C13H17N3O. The van der Waals surface area contributed by atoms with Crippen LogP contribution in [0.25, 0.3) is 5.65 Å². The van der Waals surface area contributed by atoms with Crippen molar-refractivity contribution < 1.29 is 4.79 Å². The van der Waals surface area contributed by atoms with Gasteiger partial charge in [-0.3, -0.25) is 4.79 Å². The number of nitrogens with zero attached hydrogens (tertiary/aromatic N) is 3. The van der Waals surface area contributed by atoms with E-state index in [4.69, 9.17) is 0 Å². The second-order valence-electron chi connectivity index (χ2n) is 4.03. The number of carbonyl (C=O) groups is 1. The Morgan fingerprint density at radius 1 is 1.41 bits per heavy atom. The van der Waals surface area contributed by atoms with Gasteiger partial charge >= 0.3 is 0 Å². The van der Waals surface area contributed by atoms with Gasteiger partial charge in [0.1, 0.15) is 11.3 Å². The predicted octanol–water partition coefficient (Wildman–Crippen LogP) is 2.12. The van der Waals surface area contributed by atoms with E-state index in [-0.39, 0.29) is 5.91 Å². The molecule has 0 aliphatic heterocycles. The summed E-state index contributed by atoms with van der Waals surface area (Å²) in [6.07, 6.45) is 3.71. The number of pyridine rings is 1. The zero-order chi connectivity index (χ0) is 12.4.